The summed E-state index contributed by atoms with van der Waals surface area (Å²) in [5.41, 5.74) is 4.45. The molecule has 3 aliphatic rings. The maximum Gasteiger partial charge on any atom is 0.274 e. The molecule has 0 atom stereocenters. The van der Waals surface area contributed by atoms with Gasteiger partial charge in [-0.2, -0.15) is 4.98 Å². The molecule has 0 amide bonds. The molecule has 184 valence electrons. The van der Waals surface area contributed by atoms with Crippen molar-refractivity contribution >= 4 is 50.3 Å². The van der Waals surface area contributed by atoms with Crippen LogP contribution in [0.25, 0.3) is 27.0 Å². The van der Waals surface area contributed by atoms with E-state index in [9.17, 15) is 4.39 Å². The fourth-order valence-corrected chi connectivity index (χ4v) is 7.18. The van der Waals surface area contributed by atoms with Gasteiger partial charge in [0.1, 0.15) is 28.9 Å². The summed E-state index contributed by atoms with van der Waals surface area (Å²) in [6.07, 6.45) is 9.77. The summed E-state index contributed by atoms with van der Waals surface area (Å²) in [6.45, 7) is 0. The van der Waals surface area contributed by atoms with Gasteiger partial charge in [0.15, 0.2) is 0 Å². The second kappa shape index (κ2) is 8.57. The van der Waals surface area contributed by atoms with E-state index in [1.54, 1.807) is 6.07 Å². The first kappa shape index (κ1) is 22.8. The smallest absolute Gasteiger partial charge is 0.274 e. The van der Waals surface area contributed by atoms with Gasteiger partial charge in [-0.3, -0.25) is 0 Å². The van der Waals surface area contributed by atoms with Crippen LogP contribution >= 0.6 is 34.5 Å². The number of hydrogen-bond donors (Lipinski definition) is 0. The molecular formula is C28H23Cl2FN2O2S. The third kappa shape index (κ3) is 3.85. The van der Waals surface area contributed by atoms with Crippen LogP contribution in [0.3, 0.4) is 0 Å². The highest BCUT2D eigenvalue weighted by Gasteiger charge is 2.44. The molecule has 2 heterocycles. The molecule has 8 heteroatoms. The Balaban J connectivity index is 1.11. The molecule has 4 aromatic rings. The average Bonchev–Trinajstić information content (AvgIpc) is 3.46. The number of rotatable bonds is 5. The normalized spacial score (nSPS) is 23.6. The number of nitrogens with zero attached hydrogens (tertiary/aromatic N) is 2. The molecular weight excluding hydrogens is 518 g/mol. The molecule has 3 aliphatic carbocycles. The maximum absolute atomic E-state index is 14.0. The van der Waals surface area contributed by atoms with Gasteiger partial charge in [-0.25, -0.2) is 4.39 Å². The molecule has 4 nitrogen and oxygen atoms in total. The highest BCUT2D eigenvalue weighted by Crippen LogP contribution is 2.57. The van der Waals surface area contributed by atoms with Crippen LogP contribution in [0.15, 0.2) is 47.0 Å². The minimum absolute atomic E-state index is 0.104. The lowest BCUT2D eigenvalue weighted by Gasteiger charge is -2.45. The summed E-state index contributed by atoms with van der Waals surface area (Å²) in [7, 11) is 0. The van der Waals surface area contributed by atoms with E-state index in [1.165, 1.54) is 23.0 Å². The summed E-state index contributed by atoms with van der Waals surface area (Å²) in [4.78, 5) is 4.38. The minimum atomic E-state index is -0.301. The first-order chi connectivity index (χ1) is 17.5. The zero-order valence-electron chi connectivity index (χ0n) is 19.4. The van der Waals surface area contributed by atoms with Crippen molar-refractivity contribution in [2.24, 2.45) is 5.41 Å². The zero-order chi connectivity index (χ0) is 24.4. The quantitative estimate of drug-likeness (QED) is 0.253. The van der Waals surface area contributed by atoms with Crippen LogP contribution in [0.5, 0.6) is 5.19 Å². The van der Waals surface area contributed by atoms with E-state index in [1.807, 2.05) is 24.3 Å². The summed E-state index contributed by atoms with van der Waals surface area (Å²) in [5.74, 6) is 1.11. The Morgan fingerprint density at radius 2 is 1.72 bits per heavy atom. The number of halogens is 3. The second-order valence-corrected chi connectivity index (χ2v) is 12.0. The van der Waals surface area contributed by atoms with Gasteiger partial charge >= 0.3 is 0 Å². The van der Waals surface area contributed by atoms with Gasteiger partial charge in [0, 0.05) is 17.0 Å². The van der Waals surface area contributed by atoms with E-state index in [-0.39, 0.29) is 17.3 Å². The van der Waals surface area contributed by atoms with Crippen molar-refractivity contribution in [3.8, 4) is 16.5 Å². The first-order valence-corrected chi connectivity index (χ1v) is 13.9. The van der Waals surface area contributed by atoms with Gasteiger partial charge in [-0.1, -0.05) is 57.9 Å². The number of allylic oxidation sites excluding steroid dienone is 2. The van der Waals surface area contributed by atoms with Gasteiger partial charge in [-0.05, 0) is 80.2 Å². The van der Waals surface area contributed by atoms with Crippen LogP contribution in [-0.4, -0.2) is 16.2 Å². The molecule has 0 N–H and O–H groups in total. The van der Waals surface area contributed by atoms with Crippen molar-refractivity contribution < 1.29 is 13.7 Å². The van der Waals surface area contributed by atoms with Crippen LogP contribution < -0.4 is 4.74 Å². The number of hydrogen-bond acceptors (Lipinski definition) is 5. The Labute approximate surface area is 222 Å². The summed E-state index contributed by atoms with van der Waals surface area (Å²) in [5, 5.41) is 6.18. The minimum Gasteiger partial charge on any atom is -0.467 e. The third-order valence-electron chi connectivity index (χ3n) is 7.76. The maximum atomic E-state index is 14.0. The lowest BCUT2D eigenvalue weighted by atomic mass is 9.61. The molecule has 2 aromatic carbocycles. The van der Waals surface area contributed by atoms with E-state index in [4.69, 9.17) is 32.5 Å². The standard InChI is InChI=1S/C28H23Cl2FN2O2S/c29-18-3-1-4-19(30)23(18)25-22(26(35-33-25)15-7-8-15)16-13-28(14-16)11-9-17(10-12-28)34-27-32-24-20(31)5-2-6-21(24)36-27/h1-6,13,15,17H,7-12,14H2. The van der Waals surface area contributed by atoms with Crippen molar-refractivity contribution in [1.82, 2.24) is 10.1 Å². The van der Waals surface area contributed by atoms with Crippen molar-refractivity contribution in [1.29, 1.82) is 0 Å². The van der Waals surface area contributed by atoms with Crippen LogP contribution in [-0.2, 0) is 0 Å². The highest BCUT2D eigenvalue weighted by molar-refractivity contribution is 7.20. The molecule has 0 unspecified atom stereocenters. The first-order valence-electron chi connectivity index (χ1n) is 12.4. The predicted octanol–water partition coefficient (Wildman–Crippen LogP) is 9.07. The molecule has 36 heavy (non-hydrogen) atoms. The molecule has 0 aliphatic heterocycles. The Morgan fingerprint density at radius 1 is 1.00 bits per heavy atom. The predicted molar refractivity (Wildman–Crippen MR) is 141 cm³/mol. The average molecular weight is 541 g/mol. The Morgan fingerprint density at radius 3 is 2.42 bits per heavy atom. The highest BCUT2D eigenvalue weighted by atomic mass is 35.5. The fraction of sp³-hybridized carbons (Fsp3) is 0.357. The molecule has 1 spiro atoms. The second-order valence-electron chi connectivity index (χ2n) is 10.2. The van der Waals surface area contributed by atoms with Gasteiger partial charge in [-0.15, -0.1) is 0 Å². The van der Waals surface area contributed by atoms with Gasteiger partial charge in [0.05, 0.1) is 14.7 Å². The number of aromatic nitrogens is 2. The van der Waals surface area contributed by atoms with E-state index in [2.05, 4.69) is 16.2 Å². The number of para-hydroxylation sites is 1. The molecule has 2 aromatic heterocycles. The molecule has 0 radical (unpaired) electrons. The monoisotopic (exact) mass is 540 g/mol. The largest absolute Gasteiger partial charge is 0.467 e. The van der Waals surface area contributed by atoms with Crippen molar-refractivity contribution in [3.63, 3.8) is 0 Å². The Kier molecular flexibility index (Phi) is 5.42. The third-order valence-corrected chi connectivity index (χ3v) is 9.30. The Hall–Kier alpha value is -2.41. The zero-order valence-corrected chi connectivity index (χ0v) is 21.7. The van der Waals surface area contributed by atoms with Crippen molar-refractivity contribution in [2.75, 3.05) is 0 Å². The van der Waals surface area contributed by atoms with E-state index in [0.29, 0.717) is 26.7 Å². The van der Waals surface area contributed by atoms with Crippen LogP contribution in [0.1, 0.15) is 62.2 Å². The number of benzene rings is 2. The molecule has 2 saturated carbocycles. The van der Waals surface area contributed by atoms with E-state index < -0.39 is 0 Å². The summed E-state index contributed by atoms with van der Waals surface area (Å²) in [6, 6.07) is 10.6. The van der Waals surface area contributed by atoms with Crippen LogP contribution in [0.2, 0.25) is 10.0 Å². The Bertz CT molecular complexity index is 1500. The SMILES string of the molecule is Fc1cccc2sc(OC3CCC4(C=C(c5c(-c6c(Cl)cccc6Cl)noc5C5CC5)C4)CC3)nc12. The number of thiazole rings is 1. The van der Waals surface area contributed by atoms with Crippen LogP contribution in [0.4, 0.5) is 4.39 Å². The van der Waals surface area contributed by atoms with E-state index in [0.717, 1.165) is 72.2 Å². The van der Waals surface area contributed by atoms with Crippen molar-refractivity contribution in [2.45, 2.75) is 57.0 Å². The topological polar surface area (TPSA) is 48.2 Å². The van der Waals surface area contributed by atoms with E-state index >= 15 is 0 Å². The van der Waals surface area contributed by atoms with Gasteiger partial charge < -0.3 is 9.26 Å². The molecule has 2 fully saturated rings. The fourth-order valence-electron chi connectivity index (χ4n) is 5.71. The van der Waals surface area contributed by atoms with Gasteiger partial charge in [0.2, 0.25) is 0 Å². The number of fused-ring (bicyclic) bond motifs is 1. The van der Waals surface area contributed by atoms with Crippen LogP contribution in [0, 0.1) is 11.2 Å². The summed E-state index contributed by atoms with van der Waals surface area (Å²) < 4.78 is 26.9. The molecule has 0 saturated heterocycles. The lowest BCUT2D eigenvalue weighted by molar-refractivity contribution is 0.0994. The summed E-state index contributed by atoms with van der Waals surface area (Å²) >= 11 is 14.5. The molecule has 7 rings (SSSR count). The van der Waals surface area contributed by atoms with Crippen molar-refractivity contribution in [3.05, 3.63) is 69.7 Å². The number of ether oxygens (including phenoxy) is 1. The molecule has 0 bridgehead atoms. The van der Waals surface area contributed by atoms with Gasteiger partial charge in [0.25, 0.3) is 5.19 Å². The lowest BCUT2D eigenvalue weighted by Crippen LogP contribution is -2.35.